The number of carbonyl (C=O) groups is 1. The first-order chi connectivity index (χ1) is 8.76. The minimum absolute atomic E-state index is 0.145. The normalized spacial score (nSPS) is 16.9. The standard InChI is InChI=1S/C11H24N4O.C2H6/c1-3-13-11(16)10-15-8-6-14(7-9-15)5-4-12-2;1-2/h12H,3-10H2,1-2H3,(H,13,16);1-2H3. The molecule has 0 bridgehead atoms. The molecule has 1 fully saturated rings. The Morgan fingerprint density at radius 2 is 1.67 bits per heavy atom. The van der Waals surface area contributed by atoms with Crippen molar-refractivity contribution in [2.24, 2.45) is 0 Å². The number of amides is 1. The summed E-state index contributed by atoms with van der Waals surface area (Å²) >= 11 is 0. The summed E-state index contributed by atoms with van der Waals surface area (Å²) in [6, 6.07) is 0. The summed E-state index contributed by atoms with van der Waals surface area (Å²) in [5.41, 5.74) is 0. The van der Waals surface area contributed by atoms with Gasteiger partial charge in [-0.3, -0.25) is 14.6 Å². The number of nitrogens with zero attached hydrogens (tertiary/aromatic N) is 2. The van der Waals surface area contributed by atoms with E-state index in [9.17, 15) is 4.79 Å². The molecule has 0 aromatic carbocycles. The number of likely N-dealkylation sites (N-methyl/N-ethyl adjacent to an activating group) is 2. The summed E-state index contributed by atoms with van der Waals surface area (Å²) in [5.74, 6) is 0.145. The number of carbonyl (C=O) groups excluding carboxylic acids is 1. The van der Waals surface area contributed by atoms with Gasteiger partial charge in [-0.25, -0.2) is 0 Å². The second kappa shape index (κ2) is 11.4. The molecule has 0 aromatic rings. The highest BCUT2D eigenvalue weighted by Gasteiger charge is 2.17. The van der Waals surface area contributed by atoms with Crippen LogP contribution in [-0.4, -0.2) is 75.1 Å². The zero-order chi connectivity index (χ0) is 13.8. The molecule has 2 N–H and O–H groups in total. The molecule has 0 atom stereocenters. The first-order valence-corrected chi connectivity index (χ1v) is 7.12. The third-order valence-corrected chi connectivity index (χ3v) is 2.88. The molecule has 0 unspecified atom stereocenters. The van der Waals surface area contributed by atoms with Crippen LogP contribution >= 0.6 is 0 Å². The van der Waals surface area contributed by atoms with Crippen LogP contribution in [0.5, 0.6) is 0 Å². The molecule has 5 nitrogen and oxygen atoms in total. The van der Waals surface area contributed by atoms with Gasteiger partial charge in [-0.15, -0.1) is 0 Å². The van der Waals surface area contributed by atoms with Crippen molar-refractivity contribution < 1.29 is 4.79 Å². The van der Waals surface area contributed by atoms with E-state index >= 15 is 0 Å². The maximum atomic E-state index is 11.4. The maximum absolute atomic E-state index is 11.4. The first kappa shape index (κ1) is 17.4. The van der Waals surface area contributed by atoms with Gasteiger partial charge < -0.3 is 10.6 Å². The summed E-state index contributed by atoms with van der Waals surface area (Å²) in [7, 11) is 1.98. The van der Waals surface area contributed by atoms with E-state index in [2.05, 4.69) is 20.4 Å². The molecule has 0 aliphatic carbocycles. The van der Waals surface area contributed by atoms with Crippen molar-refractivity contribution >= 4 is 5.91 Å². The summed E-state index contributed by atoms with van der Waals surface area (Å²) in [4.78, 5) is 16.0. The highest BCUT2D eigenvalue weighted by molar-refractivity contribution is 5.77. The maximum Gasteiger partial charge on any atom is 0.234 e. The molecule has 0 radical (unpaired) electrons. The van der Waals surface area contributed by atoms with Gasteiger partial charge >= 0.3 is 0 Å². The van der Waals surface area contributed by atoms with Crippen molar-refractivity contribution in [1.29, 1.82) is 0 Å². The molecule has 0 spiro atoms. The van der Waals surface area contributed by atoms with E-state index in [0.717, 1.165) is 45.8 Å². The van der Waals surface area contributed by atoms with Crippen LogP contribution in [0.15, 0.2) is 0 Å². The molecule has 5 heteroatoms. The fourth-order valence-corrected chi connectivity index (χ4v) is 1.90. The van der Waals surface area contributed by atoms with Crippen LogP contribution in [0.4, 0.5) is 0 Å². The number of piperazine rings is 1. The summed E-state index contributed by atoms with van der Waals surface area (Å²) < 4.78 is 0. The summed E-state index contributed by atoms with van der Waals surface area (Å²) in [6.07, 6.45) is 0. The van der Waals surface area contributed by atoms with Gasteiger partial charge in [-0.05, 0) is 14.0 Å². The highest BCUT2D eigenvalue weighted by Crippen LogP contribution is 2.00. The van der Waals surface area contributed by atoms with Gasteiger partial charge in [-0.2, -0.15) is 0 Å². The molecule has 0 saturated carbocycles. The van der Waals surface area contributed by atoms with E-state index < -0.39 is 0 Å². The van der Waals surface area contributed by atoms with Gasteiger partial charge in [0.25, 0.3) is 0 Å². The van der Waals surface area contributed by atoms with Crippen molar-refractivity contribution in [2.75, 3.05) is 59.4 Å². The fourth-order valence-electron chi connectivity index (χ4n) is 1.90. The second-order valence-electron chi connectivity index (χ2n) is 4.17. The monoisotopic (exact) mass is 258 g/mol. The van der Waals surface area contributed by atoms with Crippen molar-refractivity contribution in [2.45, 2.75) is 20.8 Å². The van der Waals surface area contributed by atoms with Gasteiger partial charge in [-0.1, -0.05) is 13.8 Å². The zero-order valence-electron chi connectivity index (χ0n) is 12.5. The minimum Gasteiger partial charge on any atom is -0.355 e. The van der Waals surface area contributed by atoms with Gasteiger partial charge in [0.2, 0.25) is 5.91 Å². The van der Waals surface area contributed by atoms with E-state index in [4.69, 9.17) is 0 Å². The number of hydrogen-bond acceptors (Lipinski definition) is 4. The molecule has 0 aromatic heterocycles. The molecule has 108 valence electrons. The molecule has 1 aliphatic heterocycles. The Labute approximate surface area is 112 Å². The summed E-state index contributed by atoms with van der Waals surface area (Å²) in [6.45, 7) is 13.5. The average molecular weight is 258 g/mol. The van der Waals surface area contributed by atoms with E-state index in [0.29, 0.717) is 6.54 Å². The van der Waals surface area contributed by atoms with Crippen LogP contribution in [0.25, 0.3) is 0 Å². The Hall–Kier alpha value is -0.650. The molecular formula is C13H30N4O. The Morgan fingerprint density at radius 1 is 1.11 bits per heavy atom. The topological polar surface area (TPSA) is 47.6 Å². The largest absolute Gasteiger partial charge is 0.355 e. The molecule has 1 heterocycles. The van der Waals surface area contributed by atoms with E-state index in [-0.39, 0.29) is 5.91 Å². The number of rotatable bonds is 6. The summed E-state index contributed by atoms with van der Waals surface area (Å²) in [5, 5.41) is 5.99. The third kappa shape index (κ3) is 7.63. The highest BCUT2D eigenvalue weighted by atomic mass is 16.2. The molecule has 1 saturated heterocycles. The average Bonchev–Trinajstić information content (AvgIpc) is 2.40. The lowest BCUT2D eigenvalue weighted by Gasteiger charge is -2.34. The van der Waals surface area contributed by atoms with E-state index in [1.807, 2.05) is 27.8 Å². The Bertz CT molecular complexity index is 203. The van der Waals surface area contributed by atoms with Gasteiger partial charge in [0, 0.05) is 45.8 Å². The van der Waals surface area contributed by atoms with Crippen LogP contribution in [0.3, 0.4) is 0 Å². The smallest absolute Gasteiger partial charge is 0.234 e. The SMILES string of the molecule is CC.CCNC(=O)CN1CCN(CCNC)CC1. The molecule has 1 amide bonds. The quantitative estimate of drug-likeness (QED) is 0.703. The minimum atomic E-state index is 0.145. The first-order valence-electron chi connectivity index (χ1n) is 7.12. The van der Waals surface area contributed by atoms with Gasteiger partial charge in [0.15, 0.2) is 0 Å². The predicted molar refractivity (Wildman–Crippen MR) is 76.8 cm³/mol. The van der Waals surface area contributed by atoms with Crippen molar-refractivity contribution in [3.63, 3.8) is 0 Å². The lowest BCUT2D eigenvalue weighted by Crippen LogP contribution is -2.50. The van der Waals surface area contributed by atoms with E-state index in [1.165, 1.54) is 0 Å². The molecule has 1 aliphatic rings. The van der Waals surface area contributed by atoms with E-state index in [1.54, 1.807) is 0 Å². The Morgan fingerprint density at radius 3 is 2.17 bits per heavy atom. The second-order valence-corrected chi connectivity index (χ2v) is 4.17. The van der Waals surface area contributed by atoms with Crippen LogP contribution in [0, 0.1) is 0 Å². The molecular weight excluding hydrogens is 228 g/mol. The molecule has 1 rings (SSSR count). The van der Waals surface area contributed by atoms with Crippen LogP contribution in [0.1, 0.15) is 20.8 Å². The third-order valence-electron chi connectivity index (χ3n) is 2.88. The zero-order valence-corrected chi connectivity index (χ0v) is 12.5. The fraction of sp³-hybridized carbons (Fsp3) is 0.923. The van der Waals surface area contributed by atoms with Crippen molar-refractivity contribution in [1.82, 2.24) is 20.4 Å². The Kier molecular flexibility index (Phi) is 11.0. The number of hydrogen-bond donors (Lipinski definition) is 2. The predicted octanol–water partition coefficient (Wildman–Crippen LogP) is -0.0143. The lowest BCUT2D eigenvalue weighted by atomic mass is 10.3. The van der Waals surface area contributed by atoms with Crippen molar-refractivity contribution in [3.05, 3.63) is 0 Å². The molecule has 18 heavy (non-hydrogen) atoms. The van der Waals surface area contributed by atoms with Crippen molar-refractivity contribution in [3.8, 4) is 0 Å². The lowest BCUT2D eigenvalue weighted by molar-refractivity contribution is -0.122. The van der Waals surface area contributed by atoms with Crippen LogP contribution in [0.2, 0.25) is 0 Å². The number of nitrogens with one attached hydrogen (secondary N) is 2. The van der Waals surface area contributed by atoms with Gasteiger partial charge in [0.1, 0.15) is 0 Å². The van der Waals surface area contributed by atoms with Crippen LogP contribution in [-0.2, 0) is 4.79 Å². The Balaban J connectivity index is 0.00000137. The van der Waals surface area contributed by atoms with Crippen LogP contribution < -0.4 is 10.6 Å². The van der Waals surface area contributed by atoms with Gasteiger partial charge in [0.05, 0.1) is 6.54 Å².